The molecule has 2 fully saturated rings. The first-order valence-electron chi connectivity index (χ1n) is 13.7. The lowest BCUT2D eigenvalue weighted by Crippen LogP contribution is -2.24. The van der Waals surface area contributed by atoms with Crippen molar-refractivity contribution in [2.24, 2.45) is 12.8 Å². The van der Waals surface area contributed by atoms with Gasteiger partial charge in [0.25, 0.3) is 0 Å². The first-order valence-corrected chi connectivity index (χ1v) is 13.7. The third-order valence-electron chi connectivity index (χ3n) is 7.43. The Morgan fingerprint density at radius 1 is 1.10 bits per heavy atom. The lowest BCUT2D eigenvalue weighted by atomic mass is 9.98. The molecule has 1 aliphatic carbocycles. The average molecular weight is 564 g/mol. The first kappa shape index (κ1) is 28.4. The molecule has 2 aromatic heterocycles. The Morgan fingerprint density at radius 3 is 2.51 bits per heavy atom. The summed E-state index contributed by atoms with van der Waals surface area (Å²) in [5.41, 5.74) is 9.98. The molecule has 1 atom stereocenters. The zero-order valence-electron chi connectivity index (χ0n) is 23.3. The van der Waals surface area contributed by atoms with E-state index in [1.54, 1.807) is 28.7 Å². The van der Waals surface area contributed by atoms with Gasteiger partial charge in [-0.3, -0.25) is 10.00 Å². The number of nitrogens with two attached hydrogens (primary N) is 1. The van der Waals surface area contributed by atoms with Gasteiger partial charge in [-0.2, -0.15) is 10.2 Å². The van der Waals surface area contributed by atoms with E-state index in [1.165, 1.54) is 12.1 Å². The van der Waals surface area contributed by atoms with E-state index in [9.17, 15) is 13.6 Å². The summed E-state index contributed by atoms with van der Waals surface area (Å²) in [6.45, 7) is 3.50. The molecule has 216 valence electrons. The second kappa shape index (κ2) is 12.6. The van der Waals surface area contributed by atoms with E-state index in [-0.39, 0.29) is 0 Å². The summed E-state index contributed by atoms with van der Waals surface area (Å²) >= 11 is 0. The molecule has 0 radical (unpaired) electrons. The highest BCUT2D eigenvalue weighted by atomic mass is 19.2. The van der Waals surface area contributed by atoms with E-state index in [1.807, 2.05) is 43.6 Å². The number of para-hydroxylation sites is 1. The SMILES string of the molecule is COCCN1CCC(c2ccc(F)c(F)c2)C1.Cn1cc(-c2nn(-c3ccccc3)c(NC(N)=O)c2C2CC2)cn1. The zero-order chi connectivity index (χ0) is 28.9. The number of rotatable bonds is 8. The Balaban J connectivity index is 0.000000175. The summed E-state index contributed by atoms with van der Waals surface area (Å²) < 4.78 is 34.5. The maximum atomic E-state index is 13.1. The summed E-state index contributed by atoms with van der Waals surface area (Å²) in [5, 5.41) is 11.8. The molecule has 1 saturated heterocycles. The van der Waals surface area contributed by atoms with E-state index in [0.29, 0.717) is 24.3 Å². The normalized spacial score (nSPS) is 16.8. The number of ether oxygens (including phenoxy) is 1. The molecular weight excluding hydrogens is 528 g/mol. The molecule has 2 aromatic carbocycles. The van der Waals surface area contributed by atoms with Crippen LogP contribution in [0.4, 0.5) is 19.4 Å². The number of amides is 2. The van der Waals surface area contributed by atoms with Crippen LogP contribution in [0.5, 0.6) is 0 Å². The number of carbonyl (C=O) groups excluding carboxylic acids is 1. The molecule has 6 rings (SSSR count). The molecule has 0 bridgehead atoms. The van der Waals surface area contributed by atoms with Crippen molar-refractivity contribution in [3.8, 4) is 16.9 Å². The van der Waals surface area contributed by atoms with Crippen molar-refractivity contribution in [3.63, 3.8) is 0 Å². The van der Waals surface area contributed by atoms with Crippen LogP contribution in [0.2, 0.25) is 0 Å². The number of halogens is 2. The molecule has 4 aromatic rings. The number of hydrogen-bond donors (Lipinski definition) is 2. The second-order valence-corrected chi connectivity index (χ2v) is 10.5. The summed E-state index contributed by atoms with van der Waals surface area (Å²) in [4.78, 5) is 13.8. The highest BCUT2D eigenvalue weighted by Crippen LogP contribution is 2.48. The number of nitrogens with zero attached hydrogens (tertiary/aromatic N) is 5. The molecule has 1 unspecified atom stereocenters. The molecule has 41 heavy (non-hydrogen) atoms. The van der Waals surface area contributed by atoms with Crippen LogP contribution in [-0.4, -0.2) is 63.8 Å². The van der Waals surface area contributed by atoms with Gasteiger partial charge >= 0.3 is 6.03 Å². The van der Waals surface area contributed by atoms with Gasteiger partial charge in [-0.1, -0.05) is 24.3 Å². The molecule has 3 N–H and O–H groups in total. The van der Waals surface area contributed by atoms with Gasteiger partial charge in [-0.25, -0.2) is 18.3 Å². The molecule has 2 aliphatic rings. The average Bonchev–Trinajstić information content (AvgIpc) is 3.35. The fourth-order valence-electron chi connectivity index (χ4n) is 5.23. The van der Waals surface area contributed by atoms with Crippen LogP contribution in [0.3, 0.4) is 0 Å². The molecule has 9 nitrogen and oxygen atoms in total. The number of primary amides is 1. The maximum Gasteiger partial charge on any atom is 0.317 e. The van der Waals surface area contributed by atoms with Crippen LogP contribution in [0.25, 0.3) is 16.9 Å². The Bertz CT molecular complexity index is 1480. The second-order valence-electron chi connectivity index (χ2n) is 10.5. The fraction of sp³-hybridized carbons (Fsp3) is 0.367. The highest BCUT2D eigenvalue weighted by molar-refractivity contribution is 5.90. The van der Waals surface area contributed by atoms with Gasteiger partial charge in [0.2, 0.25) is 0 Å². The predicted molar refractivity (Wildman–Crippen MR) is 153 cm³/mol. The Morgan fingerprint density at radius 2 is 1.88 bits per heavy atom. The van der Waals surface area contributed by atoms with Gasteiger partial charge in [-0.15, -0.1) is 0 Å². The van der Waals surface area contributed by atoms with Crippen molar-refractivity contribution in [2.45, 2.75) is 31.1 Å². The minimum absolute atomic E-state index is 0.307. The van der Waals surface area contributed by atoms with Crippen LogP contribution in [0.1, 0.15) is 42.2 Å². The number of benzene rings is 2. The quantitative estimate of drug-likeness (QED) is 0.313. The number of hydrogen-bond acceptors (Lipinski definition) is 5. The van der Waals surface area contributed by atoms with Crippen molar-refractivity contribution in [1.82, 2.24) is 24.5 Å². The van der Waals surface area contributed by atoms with Gasteiger partial charge in [0.15, 0.2) is 11.6 Å². The first-order chi connectivity index (χ1) is 19.8. The fourth-order valence-corrected chi connectivity index (χ4v) is 5.23. The molecule has 11 heteroatoms. The van der Waals surface area contributed by atoms with Crippen molar-refractivity contribution < 1.29 is 18.3 Å². The number of anilines is 1. The third-order valence-corrected chi connectivity index (χ3v) is 7.43. The largest absolute Gasteiger partial charge is 0.383 e. The third kappa shape index (κ3) is 6.80. The monoisotopic (exact) mass is 563 g/mol. The highest BCUT2D eigenvalue weighted by Gasteiger charge is 2.34. The lowest BCUT2D eigenvalue weighted by molar-refractivity contribution is 0.160. The minimum atomic E-state index is -0.775. The standard InChI is InChI=1S/C17H18N6O.C13H17F2NO/c1-22-10-12(9-19-22)15-14(11-7-8-11)16(20-17(18)24)23(21-15)13-5-3-2-4-6-13;1-17-7-6-16-5-4-11(9-16)10-2-3-12(14)13(15)8-10/h2-6,9-11H,7-8H2,1H3,(H3,18,20,24);2-3,8,11H,4-7,9H2,1H3. The van der Waals surface area contributed by atoms with E-state index < -0.39 is 17.7 Å². The zero-order valence-corrected chi connectivity index (χ0v) is 23.3. The van der Waals surface area contributed by atoms with Crippen LogP contribution in [-0.2, 0) is 11.8 Å². The Hall–Kier alpha value is -4.09. The summed E-state index contributed by atoms with van der Waals surface area (Å²) in [7, 11) is 3.56. The van der Waals surface area contributed by atoms with Gasteiger partial charge in [0.1, 0.15) is 11.5 Å². The van der Waals surface area contributed by atoms with Crippen LogP contribution in [0, 0.1) is 11.6 Å². The number of urea groups is 1. The van der Waals surface area contributed by atoms with Crippen molar-refractivity contribution >= 4 is 11.8 Å². The number of likely N-dealkylation sites (tertiary alicyclic amines) is 1. The summed E-state index contributed by atoms with van der Waals surface area (Å²) in [6, 6.07) is 13.3. The van der Waals surface area contributed by atoms with E-state index in [4.69, 9.17) is 15.6 Å². The smallest absolute Gasteiger partial charge is 0.317 e. The topological polar surface area (TPSA) is 103 Å². The Kier molecular flexibility index (Phi) is 8.75. The number of aryl methyl sites for hydroxylation is 1. The van der Waals surface area contributed by atoms with Crippen LogP contribution >= 0.6 is 0 Å². The van der Waals surface area contributed by atoms with Gasteiger partial charge in [-0.05, 0) is 67.5 Å². The number of methoxy groups -OCH3 is 1. The van der Waals surface area contributed by atoms with E-state index >= 15 is 0 Å². The van der Waals surface area contributed by atoms with Crippen LogP contribution < -0.4 is 11.1 Å². The molecule has 1 saturated carbocycles. The predicted octanol–water partition coefficient (Wildman–Crippen LogP) is 5.04. The lowest BCUT2D eigenvalue weighted by Gasteiger charge is -2.15. The summed E-state index contributed by atoms with van der Waals surface area (Å²) in [6.07, 6.45) is 6.88. The van der Waals surface area contributed by atoms with E-state index in [0.717, 1.165) is 67.0 Å². The van der Waals surface area contributed by atoms with Gasteiger partial charge < -0.3 is 15.4 Å². The number of aromatic nitrogens is 4. The molecular formula is C30H35F2N7O2. The maximum absolute atomic E-state index is 13.1. The minimum Gasteiger partial charge on any atom is -0.383 e. The molecule has 3 heterocycles. The molecule has 0 spiro atoms. The van der Waals surface area contributed by atoms with Gasteiger partial charge in [0, 0.05) is 44.6 Å². The molecule has 2 amide bonds. The van der Waals surface area contributed by atoms with Crippen LogP contribution in [0.15, 0.2) is 60.9 Å². The summed E-state index contributed by atoms with van der Waals surface area (Å²) in [5.74, 6) is -0.183. The van der Waals surface area contributed by atoms with Crippen molar-refractivity contribution in [2.75, 3.05) is 38.7 Å². The number of nitrogens with one attached hydrogen (secondary N) is 1. The van der Waals surface area contributed by atoms with E-state index in [2.05, 4.69) is 15.3 Å². The Labute approximate surface area is 237 Å². The van der Waals surface area contributed by atoms with Crippen molar-refractivity contribution in [3.05, 3.63) is 83.7 Å². The van der Waals surface area contributed by atoms with Crippen molar-refractivity contribution in [1.29, 1.82) is 0 Å². The number of carbonyl (C=O) groups is 1. The molecule has 1 aliphatic heterocycles. The van der Waals surface area contributed by atoms with Gasteiger partial charge in [0.05, 0.1) is 18.5 Å².